The average Bonchev–Trinajstić information content (AvgIpc) is 2.33. The molecule has 0 aliphatic carbocycles. The third-order valence-corrected chi connectivity index (χ3v) is 2.53. The first-order valence-electron chi connectivity index (χ1n) is 6.64. The summed E-state index contributed by atoms with van der Waals surface area (Å²) in [6.45, 7) is 9.65. The molecule has 5 heteroatoms. The maximum Gasteiger partial charge on any atom is 0.242 e. The van der Waals surface area contributed by atoms with Crippen LogP contribution in [0, 0.1) is 0 Å². The molecule has 0 radical (unpaired) electrons. The summed E-state index contributed by atoms with van der Waals surface area (Å²) in [6, 6.07) is 0. The lowest BCUT2D eigenvalue weighted by Gasteiger charge is -2.14. The fraction of sp³-hybridized carbons (Fsp3) is 0.692. The summed E-state index contributed by atoms with van der Waals surface area (Å²) >= 11 is 0. The molecular formula is C13H24N4O. The average molecular weight is 252 g/mol. The van der Waals surface area contributed by atoms with Crippen molar-refractivity contribution in [2.24, 2.45) is 0 Å². The SMILES string of the molecule is CCCCOc1nc(C(C)C)nc(NCC)c1N. The van der Waals surface area contributed by atoms with Crippen LogP contribution in [0.3, 0.4) is 0 Å². The van der Waals surface area contributed by atoms with Gasteiger partial charge in [-0.25, -0.2) is 4.98 Å². The highest BCUT2D eigenvalue weighted by molar-refractivity contribution is 5.66. The number of nitrogens with one attached hydrogen (secondary N) is 1. The third kappa shape index (κ3) is 3.75. The van der Waals surface area contributed by atoms with Gasteiger partial charge in [-0.3, -0.25) is 0 Å². The Bertz CT molecular complexity index is 379. The first-order chi connectivity index (χ1) is 8.60. The molecule has 0 spiro atoms. The van der Waals surface area contributed by atoms with Gasteiger partial charge in [0.1, 0.15) is 11.5 Å². The van der Waals surface area contributed by atoms with Gasteiger partial charge in [0, 0.05) is 12.5 Å². The van der Waals surface area contributed by atoms with Crippen LogP contribution in [0.15, 0.2) is 0 Å². The number of hydrogen-bond acceptors (Lipinski definition) is 5. The molecule has 0 aliphatic heterocycles. The van der Waals surface area contributed by atoms with Crippen LogP contribution in [0.1, 0.15) is 52.3 Å². The molecule has 0 amide bonds. The number of aromatic nitrogens is 2. The Labute approximate surface area is 109 Å². The van der Waals surface area contributed by atoms with Gasteiger partial charge in [0.25, 0.3) is 0 Å². The maximum atomic E-state index is 6.01. The van der Waals surface area contributed by atoms with Crippen molar-refractivity contribution in [3.8, 4) is 5.88 Å². The molecule has 0 aromatic carbocycles. The van der Waals surface area contributed by atoms with Crippen molar-refractivity contribution in [3.05, 3.63) is 5.82 Å². The highest BCUT2D eigenvalue weighted by Gasteiger charge is 2.14. The summed E-state index contributed by atoms with van der Waals surface area (Å²) in [6.07, 6.45) is 2.08. The van der Waals surface area contributed by atoms with E-state index in [9.17, 15) is 0 Å². The number of nitrogens with two attached hydrogens (primary N) is 1. The Morgan fingerprint density at radius 3 is 2.56 bits per heavy atom. The first-order valence-corrected chi connectivity index (χ1v) is 6.64. The molecule has 5 nitrogen and oxygen atoms in total. The van der Waals surface area contributed by atoms with E-state index in [2.05, 4.69) is 36.1 Å². The molecule has 1 rings (SSSR count). The number of nitrogen functional groups attached to an aromatic ring is 1. The largest absolute Gasteiger partial charge is 0.476 e. The Morgan fingerprint density at radius 2 is 2.00 bits per heavy atom. The van der Waals surface area contributed by atoms with E-state index in [-0.39, 0.29) is 5.92 Å². The molecule has 0 fully saturated rings. The molecule has 102 valence electrons. The second kappa shape index (κ2) is 7.03. The highest BCUT2D eigenvalue weighted by Crippen LogP contribution is 2.28. The van der Waals surface area contributed by atoms with Crippen LogP contribution in [0.4, 0.5) is 11.5 Å². The number of unbranched alkanes of at least 4 members (excludes halogenated alkanes) is 1. The summed E-state index contributed by atoms with van der Waals surface area (Å²) < 4.78 is 5.64. The van der Waals surface area contributed by atoms with Crippen molar-refractivity contribution in [2.45, 2.75) is 46.5 Å². The van der Waals surface area contributed by atoms with Crippen molar-refractivity contribution in [1.82, 2.24) is 9.97 Å². The van der Waals surface area contributed by atoms with Crippen molar-refractivity contribution in [3.63, 3.8) is 0 Å². The van der Waals surface area contributed by atoms with Crippen LogP contribution < -0.4 is 15.8 Å². The van der Waals surface area contributed by atoms with E-state index in [1.807, 2.05) is 6.92 Å². The smallest absolute Gasteiger partial charge is 0.242 e. The zero-order valence-corrected chi connectivity index (χ0v) is 11.8. The van der Waals surface area contributed by atoms with Crippen molar-refractivity contribution in [1.29, 1.82) is 0 Å². The van der Waals surface area contributed by atoms with Crippen LogP contribution in [-0.4, -0.2) is 23.1 Å². The van der Waals surface area contributed by atoms with Crippen molar-refractivity contribution in [2.75, 3.05) is 24.2 Å². The number of nitrogens with zero attached hydrogens (tertiary/aromatic N) is 2. The Kier molecular flexibility index (Phi) is 5.68. The van der Waals surface area contributed by atoms with Crippen LogP contribution in [-0.2, 0) is 0 Å². The van der Waals surface area contributed by atoms with Gasteiger partial charge in [0.05, 0.1) is 6.61 Å². The first kappa shape index (κ1) is 14.5. The Morgan fingerprint density at radius 1 is 1.28 bits per heavy atom. The number of rotatable bonds is 7. The Balaban J connectivity index is 2.98. The number of hydrogen-bond donors (Lipinski definition) is 2. The van der Waals surface area contributed by atoms with Crippen LogP contribution >= 0.6 is 0 Å². The minimum atomic E-state index is 0.247. The molecule has 0 saturated heterocycles. The normalized spacial score (nSPS) is 10.7. The Hall–Kier alpha value is -1.52. The van der Waals surface area contributed by atoms with Gasteiger partial charge in [-0.15, -0.1) is 0 Å². The summed E-state index contributed by atoms with van der Waals surface area (Å²) in [5, 5.41) is 3.15. The van der Waals surface area contributed by atoms with E-state index in [0.29, 0.717) is 24.0 Å². The molecule has 1 aromatic rings. The van der Waals surface area contributed by atoms with Crippen LogP contribution in [0.2, 0.25) is 0 Å². The lowest BCUT2D eigenvalue weighted by Crippen LogP contribution is -2.11. The molecule has 0 atom stereocenters. The van der Waals surface area contributed by atoms with E-state index >= 15 is 0 Å². The predicted octanol–water partition coefficient (Wildman–Crippen LogP) is 2.79. The molecule has 0 unspecified atom stereocenters. The van der Waals surface area contributed by atoms with E-state index in [4.69, 9.17) is 10.5 Å². The van der Waals surface area contributed by atoms with Gasteiger partial charge in [-0.05, 0) is 13.3 Å². The van der Waals surface area contributed by atoms with Gasteiger partial charge in [-0.2, -0.15) is 4.98 Å². The molecule has 0 bridgehead atoms. The topological polar surface area (TPSA) is 73.1 Å². The molecule has 1 heterocycles. The number of anilines is 2. The standard InChI is InChI=1S/C13H24N4O/c1-5-7-8-18-13-10(14)12(15-6-2)16-11(17-13)9(3)4/h9H,5-8,14H2,1-4H3,(H,15,16,17). The fourth-order valence-corrected chi connectivity index (χ4v) is 1.45. The zero-order chi connectivity index (χ0) is 13.5. The van der Waals surface area contributed by atoms with Gasteiger partial charge in [-0.1, -0.05) is 27.2 Å². The van der Waals surface area contributed by atoms with E-state index in [1.54, 1.807) is 0 Å². The molecule has 0 saturated carbocycles. The minimum absolute atomic E-state index is 0.247. The summed E-state index contributed by atoms with van der Waals surface area (Å²) in [5.41, 5.74) is 6.51. The van der Waals surface area contributed by atoms with Gasteiger partial charge in [0.2, 0.25) is 5.88 Å². The second-order valence-corrected chi connectivity index (χ2v) is 4.54. The number of ether oxygens (including phenoxy) is 1. The predicted molar refractivity (Wildman–Crippen MR) is 75.1 cm³/mol. The third-order valence-electron chi connectivity index (χ3n) is 2.53. The van der Waals surface area contributed by atoms with E-state index < -0.39 is 0 Å². The lowest BCUT2D eigenvalue weighted by molar-refractivity contribution is 0.298. The van der Waals surface area contributed by atoms with Gasteiger partial charge < -0.3 is 15.8 Å². The highest BCUT2D eigenvalue weighted by atomic mass is 16.5. The lowest BCUT2D eigenvalue weighted by atomic mass is 10.2. The van der Waals surface area contributed by atoms with E-state index in [1.165, 1.54) is 0 Å². The second-order valence-electron chi connectivity index (χ2n) is 4.54. The molecule has 18 heavy (non-hydrogen) atoms. The monoisotopic (exact) mass is 252 g/mol. The van der Waals surface area contributed by atoms with Crippen LogP contribution in [0.5, 0.6) is 5.88 Å². The maximum absolute atomic E-state index is 6.01. The molecule has 3 N–H and O–H groups in total. The fourth-order valence-electron chi connectivity index (χ4n) is 1.45. The van der Waals surface area contributed by atoms with Crippen molar-refractivity contribution >= 4 is 11.5 Å². The zero-order valence-electron chi connectivity index (χ0n) is 11.8. The molecule has 0 aliphatic rings. The quantitative estimate of drug-likeness (QED) is 0.730. The summed E-state index contributed by atoms with van der Waals surface area (Å²) in [5.74, 6) is 2.17. The minimum Gasteiger partial charge on any atom is -0.476 e. The summed E-state index contributed by atoms with van der Waals surface area (Å²) in [4.78, 5) is 8.81. The van der Waals surface area contributed by atoms with Crippen LogP contribution in [0.25, 0.3) is 0 Å². The summed E-state index contributed by atoms with van der Waals surface area (Å²) in [7, 11) is 0. The molecular weight excluding hydrogens is 228 g/mol. The van der Waals surface area contributed by atoms with Crippen molar-refractivity contribution < 1.29 is 4.74 Å². The van der Waals surface area contributed by atoms with Gasteiger partial charge in [0.15, 0.2) is 5.82 Å². The van der Waals surface area contributed by atoms with Gasteiger partial charge >= 0.3 is 0 Å². The molecule has 1 aromatic heterocycles. The van der Waals surface area contributed by atoms with E-state index in [0.717, 1.165) is 25.2 Å².